The van der Waals surface area contributed by atoms with Crippen molar-refractivity contribution in [3.05, 3.63) is 12.7 Å². The minimum absolute atomic E-state index is 0.639. The minimum atomic E-state index is 0.639. The quantitative estimate of drug-likeness (QED) is 0.236. The van der Waals surface area contributed by atoms with Gasteiger partial charge in [0.1, 0.15) is 6.29 Å². The molecule has 0 saturated carbocycles. The molecule has 0 aromatic carbocycles. The van der Waals surface area contributed by atoms with Crippen molar-refractivity contribution in [1.29, 1.82) is 10.8 Å². The second-order valence-electron chi connectivity index (χ2n) is 0.576. The number of carbonyl (C=O) groups excluding carboxylic acids is 3. The molecule has 2 N–H and O–H groups in total. The van der Waals surface area contributed by atoms with Crippen LogP contribution in [0.15, 0.2) is 12.7 Å². The zero-order valence-electron chi connectivity index (χ0n) is 5.09. The van der Waals surface area contributed by atoms with E-state index in [4.69, 9.17) is 25.2 Å². The summed E-state index contributed by atoms with van der Waals surface area (Å²) in [6.07, 6.45) is 3.33. The summed E-state index contributed by atoms with van der Waals surface area (Å²) in [5.41, 5.74) is 0. The molecule has 0 bridgehead atoms. The molecule has 0 rings (SSSR count). The molecule has 0 atom stereocenters. The molecule has 10 heavy (non-hydrogen) atoms. The van der Waals surface area contributed by atoms with Crippen LogP contribution < -0.4 is 0 Å². The third-order valence-electron chi connectivity index (χ3n) is 0.0962. The lowest BCUT2D eigenvalue weighted by molar-refractivity contribution is -0.104. The highest BCUT2D eigenvalue weighted by molar-refractivity contribution is 5.63. The lowest BCUT2D eigenvalue weighted by atomic mass is 10.8. The summed E-state index contributed by atoms with van der Waals surface area (Å²) in [5, 5.41) is 10.8. The molecule has 0 aromatic heterocycles. The van der Waals surface area contributed by atoms with Crippen molar-refractivity contribution in [2.75, 3.05) is 0 Å². The summed E-state index contributed by atoms with van der Waals surface area (Å²) in [7, 11) is 0. The van der Waals surface area contributed by atoms with Crippen LogP contribution in [-0.4, -0.2) is 18.4 Å². The third kappa shape index (κ3) is 239. The summed E-state index contributed by atoms with van der Waals surface area (Å²) in [4.78, 5) is 25.8. The first-order valence-corrected chi connectivity index (χ1v) is 1.89. The Morgan fingerprint density at radius 1 is 1.20 bits per heavy atom. The highest BCUT2D eigenvalue weighted by Crippen LogP contribution is 1.35. The Morgan fingerprint density at radius 2 is 1.30 bits per heavy atom. The number of aldehydes is 1. The number of nitrogens with one attached hydrogen (secondary N) is 2. The topological polar surface area (TPSA) is 98.9 Å². The Balaban J connectivity index is -0.0000000750. The maximum atomic E-state index is 9.06. The monoisotopic (exact) mass is 142 g/mol. The zero-order chi connectivity index (χ0) is 8.83. The van der Waals surface area contributed by atoms with Crippen molar-refractivity contribution in [3.63, 3.8) is 0 Å². The highest BCUT2D eigenvalue weighted by Gasteiger charge is 1.38. The zero-order valence-corrected chi connectivity index (χ0v) is 5.09. The molecule has 0 aliphatic carbocycles. The SMILES string of the molecule is C=CC=O.N=C=O.N=C=O. The Hall–Kier alpha value is -1.83. The van der Waals surface area contributed by atoms with Crippen LogP contribution in [-0.2, 0) is 14.4 Å². The molecule has 5 heteroatoms. The molecule has 5 nitrogen and oxygen atoms in total. The molecule has 0 fully saturated rings. The number of rotatable bonds is 1. The molecule has 0 radical (unpaired) electrons. The van der Waals surface area contributed by atoms with E-state index in [1.54, 1.807) is 0 Å². The van der Waals surface area contributed by atoms with Gasteiger partial charge in [-0.15, -0.1) is 0 Å². The first kappa shape index (κ1) is 15.7. The Labute approximate surface area is 57.4 Å². The van der Waals surface area contributed by atoms with Crippen LogP contribution >= 0.6 is 0 Å². The second-order valence-corrected chi connectivity index (χ2v) is 0.576. The fraction of sp³-hybridized carbons (Fsp3) is 0. The van der Waals surface area contributed by atoms with Gasteiger partial charge < -0.3 is 0 Å². The maximum Gasteiger partial charge on any atom is 0.231 e. The maximum absolute atomic E-state index is 9.06. The smallest absolute Gasteiger partial charge is 0.231 e. The molecule has 0 aliphatic heterocycles. The van der Waals surface area contributed by atoms with Crippen molar-refractivity contribution in [2.45, 2.75) is 0 Å². The van der Waals surface area contributed by atoms with E-state index in [2.05, 4.69) is 6.58 Å². The Kier molecular flexibility index (Phi) is 91.1. The van der Waals surface area contributed by atoms with Crippen LogP contribution in [0.4, 0.5) is 0 Å². The van der Waals surface area contributed by atoms with Crippen LogP contribution in [0, 0.1) is 10.8 Å². The summed E-state index contributed by atoms with van der Waals surface area (Å²) in [6.45, 7) is 3.11. The van der Waals surface area contributed by atoms with E-state index in [9.17, 15) is 0 Å². The minimum Gasteiger partial charge on any atom is -0.299 e. The van der Waals surface area contributed by atoms with E-state index in [1.807, 2.05) is 0 Å². The fourth-order valence-corrected chi connectivity index (χ4v) is 0. The van der Waals surface area contributed by atoms with Gasteiger partial charge >= 0.3 is 0 Å². The summed E-state index contributed by atoms with van der Waals surface area (Å²) in [6, 6.07) is 0. The van der Waals surface area contributed by atoms with Gasteiger partial charge in [-0.1, -0.05) is 6.58 Å². The lowest BCUT2D eigenvalue weighted by Crippen LogP contribution is -1.44. The van der Waals surface area contributed by atoms with E-state index >= 15 is 0 Å². The molecule has 0 amide bonds. The summed E-state index contributed by atoms with van der Waals surface area (Å²) >= 11 is 0. The largest absolute Gasteiger partial charge is 0.299 e. The van der Waals surface area contributed by atoms with Gasteiger partial charge in [-0.2, -0.15) is 0 Å². The van der Waals surface area contributed by atoms with Crippen molar-refractivity contribution >= 4 is 18.4 Å². The predicted octanol–water partition coefficient (Wildman–Crippen LogP) is 0.173. The number of hydrogen-bond acceptors (Lipinski definition) is 5. The molecule has 0 aliphatic rings. The van der Waals surface area contributed by atoms with Gasteiger partial charge in [-0.25, -0.2) is 20.4 Å². The van der Waals surface area contributed by atoms with Crippen molar-refractivity contribution in [3.8, 4) is 0 Å². The number of allylic oxidation sites excluding steroid dienone is 1. The normalized spacial score (nSPS) is 3.60. The van der Waals surface area contributed by atoms with E-state index in [-0.39, 0.29) is 0 Å². The Morgan fingerprint density at radius 3 is 1.30 bits per heavy atom. The fourth-order valence-electron chi connectivity index (χ4n) is 0. The molecule has 54 valence electrons. The molecule has 0 spiro atoms. The Bertz CT molecular complexity index is 123. The summed E-state index contributed by atoms with van der Waals surface area (Å²) in [5.74, 6) is 0. The van der Waals surface area contributed by atoms with E-state index in [0.29, 0.717) is 6.29 Å². The molecule has 0 aromatic rings. The molecule has 0 saturated heterocycles. The van der Waals surface area contributed by atoms with Crippen LogP contribution in [0.2, 0.25) is 0 Å². The first-order chi connectivity index (χ1) is 4.74. The lowest BCUT2D eigenvalue weighted by Gasteiger charge is -1.37. The van der Waals surface area contributed by atoms with Gasteiger partial charge in [0.05, 0.1) is 0 Å². The van der Waals surface area contributed by atoms with E-state index in [0.717, 1.165) is 12.2 Å². The third-order valence-corrected chi connectivity index (χ3v) is 0.0962. The number of hydrogen-bond donors (Lipinski definition) is 2. The van der Waals surface area contributed by atoms with E-state index in [1.165, 1.54) is 6.08 Å². The summed E-state index contributed by atoms with van der Waals surface area (Å²) < 4.78 is 0. The van der Waals surface area contributed by atoms with Crippen LogP contribution in [0.25, 0.3) is 0 Å². The molecular formula is C5H6N2O3. The van der Waals surface area contributed by atoms with Crippen molar-refractivity contribution in [1.82, 2.24) is 0 Å². The second kappa shape index (κ2) is 58.0. The van der Waals surface area contributed by atoms with E-state index < -0.39 is 0 Å². The van der Waals surface area contributed by atoms with Gasteiger partial charge in [0.25, 0.3) is 0 Å². The molecular weight excluding hydrogens is 136 g/mol. The van der Waals surface area contributed by atoms with Crippen molar-refractivity contribution in [2.24, 2.45) is 0 Å². The number of isocyanates is 2. The van der Waals surface area contributed by atoms with Gasteiger partial charge in [-0.05, 0) is 6.08 Å². The van der Waals surface area contributed by atoms with Gasteiger partial charge in [0.15, 0.2) is 0 Å². The van der Waals surface area contributed by atoms with Gasteiger partial charge in [0.2, 0.25) is 12.2 Å². The van der Waals surface area contributed by atoms with Crippen LogP contribution in [0.1, 0.15) is 0 Å². The van der Waals surface area contributed by atoms with Crippen LogP contribution in [0.5, 0.6) is 0 Å². The van der Waals surface area contributed by atoms with Crippen LogP contribution in [0.3, 0.4) is 0 Å². The highest BCUT2D eigenvalue weighted by atomic mass is 16.1. The first-order valence-electron chi connectivity index (χ1n) is 1.89. The van der Waals surface area contributed by atoms with Gasteiger partial charge in [0, 0.05) is 0 Å². The predicted molar refractivity (Wildman–Crippen MR) is 33.1 cm³/mol. The average molecular weight is 142 g/mol. The van der Waals surface area contributed by atoms with Crippen molar-refractivity contribution < 1.29 is 14.4 Å². The molecule has 0 unspecified atom stereocenters. The standard InChI is InChI=1S/C3H4O.2CHNO/c1-2-3-4;2*2-1-3/h2-3H,1H2;2*2H. The average Bonchev–Trinajstić information content (AvgIpc) is 1.91. The van der Waals surface area contributed by atoms with Gasteiger partial charge in [-0.3, -0.25) is 4.79 Å². The molecule has 0 heterocycles. The number of carbonyl (C=O) groups is 1.